The first-order valence-corrected chi connectivity index (χ1v) is 7.59. The Morgan fingerprint density at radius 2 is 2.19 bits per heavy atom. The number of carbonyl (C=O) groups excluding carboxylic acids is 1. The zero-order chi connectivity index (χ0) is 15.9. The Kier molecular flexibility index (Phi) is 6.14. The molecular weight excluding hydrogens is 299 g/mol. The van der Waals surface area contributed by atoms with Gasteiger partial charge in [0, 0.05) is 0 Å². The average molecular weight is 314 g/mol. The predicted octanol–water partition coefficient (Wildman–Crippen LogP) is 0.441. The zero-order valence-electron chi connectivity index (χ0n) is 11.3. The van der Waals surface area contributed by atoms with Crippen molar-refractivity contribution >= 4 is 21.7 Å². The summed E-state index contributed by atoms with van der Waals surface area (Å²) in [5.74, 6) is 3.27. The maximum atomic E-state index is 13.7. The number of anilines is 1. The molecule has 0 amide bonds. The van der Waals surface area contributed by atoms with E-state index in [1.807, 2.05) is 0 Å². The van der Waals surface area contributed by atoms with Crippen LogP contribution in [0.1, 0.15) is 12.0 Å². The van der Waals surface area contributed by atoms with Crippen molar-refractivity contribution in [2.75, 3.05) is 24.1 Å². The number of hydrogen-bond donors (Lipinski definition) is 2. The molecule has 1 rings (SSSR count). The van der Waals surface area contributed by atoms with Crippen LogP contribution in [0.15, 0.2) is 18.2 Å². The Bertz CT molecular complexity index is 677. The maximum Gasteiger partial charge on any atom is 0.306 e. The highest BCUT2D eigenvalue weighted by Crippen LogP contribution is 2.15. The van der Waals surface area contributed by atoms with E-state index in [1.54, 1.807) is 0 Å². The molecule has 0 aliphatic carbocycles. The minimum absolute atomic E-state index is 0.0515. The number of halogens is 1. The highest BCUT2D eigenvalue weighted by atomic mass is 32.2. The molecule has 0 saturated heterocycles. The van der Waals surface area contributed by atoms with Gasteiger partial charge in [-0.25, -0.2) is 12.8 Å². The third-order valence-corrected chi connectivity index (χ3v) is 3.66. The lowest BCUT2D eigenvalue weighted by Gasteiger charge is -2.08. The molecule has 3 N–H and O–H groups in total. The second-order valence-electron chi connectivity index (χ2n) is 3.95. The van der Waals surface area contributed by atoms with Crippen LogP contribution in [-0.2, 0) is 19.6 Å². The largest absolute Gasteiger partial charge is 0.469 e. The lowest BCUT2D eigenvalue weighted by Crippen LogP contribution is -2.19. The molecule has 0 aliphatic heterocycles. The summed E-state index contributed by atoms with van der Waals surface area (Å²) in [5.41, 5.74) is 5.36. The number of esters is 1. The fourth-order valence-electron chi connectivity index (χ4n) is 1.38. The predicted molar refractivity (Wildman–Crippen MR) is 76.4 cm³/mol. The summed E-state index contributed by atoms with van der Waals surface area (Å²) in [6, 6.07) is 3.73. The molecule has 21 heavy (non-hydrogen) atoms. The van der Waals surface area contributed by atoms with Crippen molar-refractivity contribution < 1.29 is 22.3 Å². The van der Waals surface area contributed by atoms with E-state index in [-0.39, 0.29) is 24.2 Å². The van der Waals surface area contributed by atoms with E-state index in [4.69, 9.17) is 5.73 Å². The topological polar surface area (TPSA) is 98.5 Å². The van der Waals surface area contributed by atoms with Crippen molar-refractivity contribution in [2.45, 2.75) is 6.42 Å². The van der Waals surface area contributed by atoms with Crippen LogP contribution in [0.5, 0.6) is 0 Å². The number of carbonyl (C=O) groups is 1. The van der Waals surface area contributed by atoms with Crippen LogP contribution in [-0.4, -0.2) is 33.8 Å². The van der Waals surface area contributed by atoms with Gasteiger partial charge in [-0.3, -0.25) is 9.52 Å². The second kappa shape index (κ2) is 7.61. The highest BCUT2D eigenvalue weighted by Gasteiger charge is 2.14. The molecule has 1 aromatic carbocycles. The Labute approximate surface area is 122 Å². The monoisotopic (exact) mass is 314 g/mol. The number of benzene rings is 1. The summed E-state index contributed by atoms with van der Waals surface area (Å²) in [7, 11) is -2.59. The normalized spacial score (nSPS) is 10.4. The first-order chi connectivity index (χ1) is 9.88. The van der Waals surface area contributed by atoms with Crippen LogP contribution in [0.3, 0.4) is 0 Å². The van der Waals surface area contributed by atoms with E-state index < -0.39 is 27.6 Å². The summed E-state index contributed by atoms with van der Waals surface area (Å²) in [5, 5.41) is 0. The summed E-state index contributed by atoms with van der Waals surface area (Å²) in [6.07, 6.45) is -0.283. The first-order valence-electron chi connectivity index (χ1n) is 5.94. The van der Waals surface area contributed by atoms with E-state index in [0.717, 1.165) is 6.07 Å². The second-order valence-corrected chi connectivity index (χ2v) is 5.79. The quantitative estimate of drug-likeness (QED) is 0.607. The molecule has 114 valence electrons. The van der Waals surface area contributed by atoms with Crippen LogP contribution in [0.25, 0.3) is 0 Å². The van der Waals surface area contributed by atoms with Crippen molar-refractivity contribution in [3.05, 3.63) is 29.6 Å². The molecule has 6 nitrogen and oxygen atoms in total. The molecule has 0 unspecified atom stereocenters. The SMILES string of the molecule is COC(=O)CCS(=O)(=O)Nc1ccc(C#CCN)c(F)c1. The van der Waals surface area contributed by atoms with Crippen molar-refractivity contribution in [2.24, 2.45) is 5.73 Å². The van der Waals surface area contributed by atoms with E-state index in [1.165, 1.54) is 19.2 Å². The Hall–Kier alpha value is -2.11. The molecular formula is C13H15FN2O4S. The van der Waals surface area contributed by atoms with Gasteiger partial charge in [-0.15, -0.1) is 0 Å². The summed E-state index contributed by atoms with van der Waals surface area (Å²) in [4.78, 5) is 10.9. The summed E-state index contributed by atoms with van der Waals surface area (Å²) >= 11 is 0. The van der Waals surface area contributed by atoms with Crippen molar-refractivity contribution in [3.63, 3.8) is 0 Å². The lowest BCUT2D eigenvalue weighted by molar-refractivity contribution is -0.140. The van der Waals surface area contributed by atoms with Crippen LogP contribution in [0.2, 0.25) is 0 Å². The minimum atomic E-state index is -3.76. The van der Waals surface area contributed by atoms with Gasteiger partial charge in [-0.1, -0.05) is 11.8 Å². The van der Waals surface area contributed by atoms with Gasteiger partial charge in [0.25, 0.3) is 0 Å². The third kappa shape index (κ3) is 5.81. The van der Waals surface area contributed by atoms with E-state index in [0.29, 0.717) is 0 Å². The van der Waals surface area contributed by atoms with Gasteiger partial charge in [0.1, 0.15) is 5.82 Å². The number of methoxy groups -OCH3 is 1. The molecule has 0 atom stereocenters. The lowest BCUT2D eigenvalue weighted by atomic mass is 10.2. The molecule has 0 fully saturated rings. The maximum absolute atomic E-state index is 13.7. The Balaban J connectivity index is 2.79. The number of rotatable bonds is 5. The van der Waals surface area contributed by atoms with Gasteiger partial charge in [-0.05, 0) is 18.2 Å². The number of hydrogen-bond acceptors (Lipinski definition) is 5. The van der Waals surface area contributed by atoms with Crippen molar-refractivity contribution in [3.8, 4) is 11.8 Å². The van der Waals surface area contributed by atoms with Gasteiger partial charge in [0.2, 0.25) is 10.0 Å². The summed E-state index contributed by atoms with van der Waals surface area (Å²) < 4.78 is 43.6. The van der Waals surface area contributed by atoms with Crippen LogP contribution in [0.4, 0.5) is 10.1 Å². The number of nitrogens with two attached hydrogens (primary N) is 1. The average Bonchev–Trinajstić information content (AvgIpc) is 2.43. The Morgan fingerprint density at radius 3 is 2.76 bits per heavy atom. The van der Waals surface area contributed by atoms with Gasteiger partial charge in [-0.2, -0.15) is 0 Å². The molecule has 1 aromatic rings. The van der Waals surface area contributed by atoms with Crippen molar-refractivity contribution in [1.82, 2.24) is 0 Å². The number of nitrogens with one attached hydrogen (secondary N) is 1. The molecule has 0 aliphatic rings. The van der Waals surface area contributed by atoms with Gasteiger partial charge < -0.3 is 10.5 Å². The number of ether oxygens (including phenoxy) is 1. The highest BCUT2D eigenvalue weighted by molar-refractivity contribution is 7.92. The summed E-state index contributed by atoms with van der Waals surface area (Å²) in [6.45, 7) is 0.0986. The minimum Gasteiger partial charge on any atom is -0.469 e. The number of sulfonamides is 1. The Morgan fingerprint density at radius 1 is 1.48 bits per heavy atom. The molecule has 0 radical (unpaired) electrons. The molecule has 0 saturated carbocycles. The smallest absolute Gasteiger partial charge is 0.306 e. The van der Waals surface area contributed by atoms with Gasteiger partial charge >= 0.3 is 5.97 Å². The zero-order valence-corrected chi connectivity index (χ0v) is 12.2. The molecule has 8 heteroatoms. The molecule has 0 aromatic heterocycles. The van der Waals surface area contributed by atoms with Gasteiger partial charge in [0.05, 0.1) is 37.1 Å². The fraction of sp³-hybridized carbons (Fsp3) is 0.308. The van der Waals surface area contributed by atoms with E-state index in [2.05, 4.69) is 21.3 Å². The van der Waals surface area contributed by atoms with Crippen molar-refractivity contribution in [1.29, 1.82) is 0 Å². The van der Waals surface area contributed by atoms with E-state index >= 15 is 0 Å². The molecule has 0 heterocycles. The molecule has 0 spiro atoms. The third-order valence-electron chi connectivity index (χ3n) is 2.37. The van der Waals surface area contributed by atoms with Gasteiger partial charge in [0.15, 0.2) is 0 Å². The van der Waals surface area contributed by atoms with E-state index in [9.17, 15) is 17.6 Å². The van der Waals surface area contributed by atoms with Crippen LogP contribution < -0.4 is 10.5 Å². The molecule has 0 bridgehead atoms. The standard InChI is InChI=1S/C13H15FN2O4S/c1-20-13(17)6-8-21(18,19)16-11-5-4-10(3-2-7-15)12(14)9-11/h4-5,9,16H,6-8,15H2,1H3. The first kappa shape index (κ1) is 16.9. The van der Waals surface area contributed by atoms with Crippen LogP contribution in [0, 0.1) is 17.7 Å². The van der Waals surface area contributed by atoms with Crippen LogP contribution >= 0.6 is 0 Å². The fourth-order valence-corrected chi connectivity index (χ4v) is 2.40.